The molecule has 1 saturated heterocycles. The van der Waals surface area contributed by atoms with Gasteiger partial charge in [0.1, 0.15) is 0 Å². The van der Waals surface area contributed by atoms with Crippen molar-refractivity contribution in [3.63, 3.8) is 0 Å². The van der Waals surface area contributed by atoms with Gasteiger partial charge in [0.15, 0.2) is 0 Å². The SMILES string of the molecule is CC(=O)NC1(CN)COC1. The second-order valence-electron chi connectivity index (χ2n) is 2.66. The van der Waals surface area contributed by atoms with E-state index in [9.17, 15) is 4.79 Å². The molecular formula is C6H12N2O2. The first-order valence-electron chi connectivity index (χ1n) is 3.25. The van der Waals surface area contributed by atoms with E-state index in [1.165, 1.54) is 6.92 Å². The second kappa shape index (κ2) is 2.56. The largest absolute Gasteiger partial charge is 0.376 e. The van der Waals surface area contributed by atoms with E-state index in [1.807, 2.05) is 0 Å². The number of nitrogens with one attached hydrogen (secondary N) is 1. The molecule has 1 aliphatic heterocycles. The van der Waals surface area contributed by atoms with Crippen LogP contribution in [0.4, 0.5) is 0 Å². The maximum Gasteiger partial charge on any atom is 0.217 e. The number of nitrogens with two attached hydrogens (primary N) is 1. The van der Waals surface area contributed by atoms with E-state index in [2.05, 4.69) is 5.32 Å². The van der Waals surface area contributed by atoms with Crippen molar-refractivity contribution < 1.29 is 9.53 Å². The third-order valence-corrected chi connectivity index (χ3v) is 1.59. The summed E-state index contributed by atoms with van der Waals surface area (Å²) in [5.74, 6) is -0.0475. The summed E-state index contributed by atoms with van der Waals surface area (Å²) < 4.78 is 4.94. The van der Waals surface area contributed by atoms with Gasteiger partial charge in [-0.15, -0.1) is 0 Å². The Hall–Kier alpha value is -0.610. The predicted octanol–water partition coefficient (Wildman–Crippen LogP) is -1.15. The molecular weight excluding hydrogens is 132 g/mol. The van der Waals surface area contributed by atoms with Crippen LogP contribution in [0.15, 0.2) is 0 Å². The number of carbonyl (C=O) groups excluding carboxylic acids is 1. The Morgan fingerprint density at radius 2 is 2.40 bits per heavy atom. The molecule has 0 atom stereocenters. The van der Waals surface area contributed by atoms with Crippen LogP contribution >= 0.6 is 0 Å². The molecule has 3 N–H and O–H groups in total. The molecule has 1 aliphatic rings. The minimum Gasteiger partial charge on any atom is -0.376 e. The van der Waals surface area contributed by atoms with Crippen molar-refractivity contribution in [1.82, 2.24) is 5.32 Å². The Kier molecular flexibility index (Phi) is 1.92. The van der Waals surface area contributed by atoms with Crippen molar-refractivity contribution in [2.24, 2.45) is 5.73 Å². The van der Waals surface area contributed by atoms with Gasteiger partial charge in [-0.3, -0.25) is 4.79 Å². The standard InChI is InChI=1S/C6H12N2O2/c1-5(9)8-6(2-7)3-10-4-6/h2-4,7H2,1H3,(H,8,9). The van der Waals surface area contributed by atoms with E-state index in [0.29, 0.717) is 19.8 Å². The van der Waals surface area contributed by atoms with E-state index in [1.54, 1.807) is 0 Å². The van der Waals surface area contributed by atoms with Gasteiger partial charge >= 0.3 is 0 Å². The maximum absolute atomic E-state index is 10.6. The van der Waals surface area contributed by atoms with Crippen LogP contribution in [-0.4, -0.2) is 31.2 Å². The van der Waals surface area contributed by atoms with Crippen molar-refractivity contribution in [1.29, 1.82) is 0 Å². The molecule has 1 rings (SSSR count). The van der Waals surface area contributed by atoms with Gasteiger partial charge in [0.05, 0.1) is 18.8 Å². The van der Waals surface area contributed by atoms with Gasteiger partial charge in [0, 0.05) is 13.5 Å². The summed E-state index contributed by atoms with van der Waals surface area (Å²) in [5.41, 5.74) is 5.16. The molecule has 1 fully saturated rings. The summed E-state index contributed by atoms with van der Waals surface area (Å²) in [4.78, 5) is 10.6. The quantitative estimate of drug-likeness (QED) is 0.514. The molecule has 0 bridgehead atoms. The fraction of sp³-hybridized carbons (Fsp3) is 0.833. The van der Waals surface area contributed by atoms with Crippen molar-refractivity contribution in [3.05, 3.63) is 0 Å². The van der Waals surface area contributed by atoms with Gasteiger partial charge in [-0.1, -0.05) is 0 Å². The number of rotatable bonds is 2. The van der Waals surface area contributed by atoms with E-state index in [4.69, 9.17) is 10.5 Å². The summed E-state index contributed by atoms with van der Waals surface area (Å²) >= 11 is 0. The molecule has 0 aromatic heterocycles. The first-order valence-corrected chi connectivity index (χ1v) is 3.25. The zero-order valence-electron chi connectivity index (χ0n) is 6.02. The molecule has 0 radical (unpaired) electrons. The van der Waals surface area contributed by atoms with Gasteiger partial charge < -0.3 is 15.8 Å². The molecule has 0 unspecified atom stereocenters. The molecule has 1 amide bonds. The minimum atomic E-state index is -0.258. The number of ether oxygens (including phenoxy) is 1. The van der Waals surface area contributed by atoms with Crippen LogP contribution in [0.1, 0.15) is 6.92 Å². The topological polar surface area (TPSA) is 64.4 Å². The third-order valence-electron chi connectivity index (χ3n) is 1.59. The average molecular weight is 144 g/mol. The molecule has 0 aromatic carbocycles. The lowest BCUT2D eigenvalue weighted by atomic mass is 9.98. The zero-order valence-corrected chi connectivity index (χ0v) is 6.02. The molecule has 10 heavy (non-hydrogen) atoms. The lowest BCUT2D eigenvalue weighted by Crippen LogP contribution is -2.65. The Bertz CT molecular complexity index is 137. The van der Waals surface area contributed by atoms with Gasteiger partial charge in [0.2, 0.25) is 5.91 Å². The fourth-order valence-corrected chi connectivity index (χ4v) is 0.963. The Balaban J connectivity index is 2.40. The van der Waals surface area contributed by atoms with Gasteiger partial charge in [-0.2, -0.15) is 0 Å². The average Bonchev–Trinajstić information content (AvgIpc) is 1.78. The van der Waals surface area contributed by atoms with E-state index in [-0.39, 0.29) is 11.4 Å². The molecule has 0 aromatic rings. The van der Waals surface area contributed by atoms with Crippen LogP contribution in [0.3, 0.4) is 0 Å². The maximum atomic E-state index is 10.6. The molecule has 1 heterocycles. The number of carbonyl (C=O) groups is 1. The van der Waals surface area contributed by atoms with Crippen LogP contribution in [0, 0.1) is 0 Å². The van der Waals surface area contributed by atoms with Crippen molar-refractivity contribution >= 4 is 5.91 Å². The summed E-state index contributed by atoms with van der Waals surface area (Å²) in [7, 11) is 0. The number of hydrogen-bond donors (Lipinski definition) is 2. The smallest absolute Gasteiger partial charge is 0.217 e. The Morgan fingerprint density at radius 3 is 2.50 bits per heavy atom. The lowest BCUT2D eigenvalue weighted by molar-refractivity contribution is -0.129. The third kappa shape index (κ3) is 1.27. The number of hydrogen-bond acceptors (Lipinski definition) is 3. The summed E-state index contributed by atoms with van der Waals surface area (Å²) in [5, 5.41) is 2.75. The number of amides is 1. The molecule has 4 nitrogen and oxygen atoms in total. The molecule has 0 aliphatic carbocycles. The van der Waals surface area contributed by atoms with E-state index in [0.717, 1.165) is 0 Å². The van der Waals surface area contributed by atoms with Crippen LogP contribution in [0.5, 0.6) is 0 Å². The van der Waals surface area contributed by atoms with Crippen molar-refractivity contribution in [3.8, 4) is 0 Å². The highest BCUT2D eigenvalue weighted by Gasteiger charge is 2.37. The van der Waals surface area contributed by atoms with Crippen LogP contribution in [0.25, 0.3) is 0 Å². The van der Waals surface area contributed by atoms with E-state index < -0.39 is 0 Å². The molecule has 4 heteroatoms. The Morgan fingerprint density at radius 1 is 1.80 bits per heavy atom. The van der Waals surface area contributed by atoms with Crippen LogP contribution < -0.4 is 11.1 Å². The fourth-order valence-electron chi connectivity index (χ4n) is 0.963. The normalized spacial score (nSPS) is 21.4. The monoisotopic (exact) mass is 144 g/mol. The minimum absolute atomic E-state index is 0.0475. The van der Waals surface area contributed by atoms with Crippen LogP contribution in [0.2, 0.25) is 0 Å². The molecule has 58 valence electrons. The van der Waals surface area contributed by atoms with Crippen molar-refractivity contribution in [2.75, 3.05) is 19.8 Å². The van der Waals surface area contributed by atoms with E-state index >= 15 is 0 Å². The summed E-state index contributed by atoms with van der Waals surface area (Å²) in [6.07, 6.45) is 0. The highest BCUT2D eigenvalue weighted by molar-refractivity contribution is 5.74. The highest BCUT2D eigenvalue weighted by atomic mass is 16.5. The highest BCUT2D eigenvalue weighted by Crippen LogP contribution is 2.14. The summed E-state index contributed by atoms with van der Waals surface area (Å²) in [6.45, 7) is 3.02. The molecule has 0 saturated carbocycles. The second-order valence-corrected chi connectivity index (χ2v) is 2.66. The molecule has 0 spiro atoms. The van der Waals surface area contributed by atoms with Gasteiger partial charge in [-0.05, 0) is 0 Å². The first-order chi connectivity index (χ1) is 4.68. The lowest BCUT2D eigenvalue weighted by Gasteiger charge is -2.40. The first kappa shape index (κ1) is 7.50. The van der Waals surface area contributed by atoms with Crippen molar-refractivity contribution in [2.45, 2.75) is 12.5 Å². The summed E-state index contributed by atoms with van der Waals surface area (Å²) in [6, 6.07) is 0. The predicted molar refractivity (Wildman–Crippen MR) is 36.4 cm³/mol. The Labute approximate surface area is 59.7 Å². The van der Waals surface area contributed by atoms with Crippen LogP contribution in [-0.2, 0) is 9.53 Å². The van der Waals surface area contributed by atoms with Gasteiger partial charge in [-0.25, -0.2) is 0 Å². The zero-order chi connectivity index (χ0) is 7.61. The van der Waals surface area contributed by atoms with Gasteiger partial charge in [0.25, 0.3) is 0 Å².